The molecule has 6 heteroatoms. The molecule has 2 fully saturated rings. The van der Waals surface area contributed by atoms with E-state index < -0.39 is 18.1 Å². The lowest BCUT2D eigenvalue weighted by Crippen LogP contribution is -2.54. The molecule has 100 valence electrons. The summed E-state index contributed by atoms with van der Waals surface area (Å²) in [6, 6.07) is -1.29. The third-order valence-corrected chi connectivity index (χ3v) is 3.73. The first-order valence-corrected chi connectivity index (χ1v) is 6.31. The molecule has 0 aromatic heterocycles. The first kappa shape index (κ1) is 12.9. The SMILES string of the molecule is CC1CCN(C(=O)[C@@H]2CCC(=O)N2)C(C(=O)O)C1. The lowest BCUT2D eigenvalue weighted by Gasteiger charge is -2.37. The van der Waals surface area contributed by atoms with Crippen molar-refractivity contribution in [3.8, 4) is 0 Å². The number of carbonyl (C=O) groups excluding carboxylic acids is 2. The minimum absolute atomic E-state index is 0.134. The zero-order chi connectivity index (χ0) is 13.3. The number of likely N-dealkylation sites (tertiary alicyclic amines) is 1. The first-order chi connectivity index (χ1) is 8.49. The summed E-state index contributed by atoms with van der Waals surface area (Å²) in [4.78, 5) is 36.0. The van der Waals surface area contributed by atoms with Gasteiger partial charge in [-0.1, -0.05) is 6.92 Å². The van der Waals surface area contributed by atoms with Gasteiger partial charge in [0.15, 0.2) is 0 Å². The van der Waals surface area contributed by atoms with E-state index in [4.69, 9.17) is 0 Å². The van der Waals surface area contributed by atoms with Crippen molar-refractivity contribution in [1.82, 2.24) is 10.2 Å². The van der Waals surface area contributed by atoms with Crippen LogP contribution in [0.5, 0.6) is 0 Å². The minimum Gasteiger partial charge on any atom is -0.480 e. The van der Waals surface area contributed by atoms with E-state index >= 15 is 0 Å². The highest BCUT2D eigenvalue weighted by Gasteiger charge is 2.39. The van der Waals surface area contributed by atoms with Crippen LogP contribution in [0.15, 0.2) is 0 Å². The lowest BCUT2D eigenvalue weighted by atomic mass is 9.92. The molecule has 3 atom stereocenters. The van der Waals surface area contributed by atoms with E-state index in [2.05, 4.69) is 5.32 Å². The number of nitrogens with one attached hydrogen (secondary N) is 1. The molecule has 2 rings (SSSR count). The highest BCUT2D eigenvalue weighted by molar-refractivity contribution is 5.93. The summed E-state index contributed by atoms with van der Waals surface area (Å²) >= 11 is 0. The highest BCUT2D eigenvalue weighted by Crippen LogP contribution is 2.24. The summed E-state index contributed by atoms with van der Waals surface area (Å²) < 4.78 is 0. The molecule has 0 saturated carbocycles. The Morgan fingerprint density at radius 1 is 1.39 bits per heavy atom. The number of carboxylic acid groups (broad SMARTS) is 1. The van der Waals surface area contributed by atoms with Crippen molar-refractivity contribution < 1.29 is 19.5 Å². The van der Waals surface area contributed by atoms with Crippen molar-refractivity contribution in [2.45, 2.75) is 44.7 Å². The van der Waals surface area contributed by atoms with E-state index in [9.17, 15) is 19.5 Å². The molecular weight excluding hydrogens is 236 g/mol. The zero-order valence-corrected chi connectivity index (χ0v) is 10.4. The molecule has 2 amide bonds. The molecular formula is C12H18N2O4. The standard InChI is InChI=1S/C12H18N2O4/c1-7-4-5-14(9(6-7)12(17)18)11(16)8-2-3-10(15)13-8/h7-9H,2-6H2,1H3,(H,13,15)(H,17,18)/t7?,8-,9?/m0/s1. The molecule has 2 aliphatic heterocycles. The number of piperidine rings is 1. The maximum atomic E-state index is 12.2. The van der Waals surface area contributed by atoms with Gasteiger partial charge in [-0.3, -0.25) is 9.59 Å². The fraction of sp³-hybridized carbons (Fsp3) is 0.750. The molecule has 6 nitrogen and oxygen atoms in total. The Hall–Kier alpha value is -1.59. The van der Waals surface area contributed by atoms with Crippen LogP contribution in [-0.4, -0.2) is 46.4 Å². The Balaban J connectivity index is 2.07. The topological polar surface area (TPSA) is 86.7 Å². The zero-order valence-electron chi connectivity index (χ0n) is 10.4. The molecule has 0 aromatic carbocycles. The quantitative estimate of drug-likeness (QED) is 0.725. The van der Waals surface area contributed by atoms with Gasteiger partial charge >= 0.3 is 5.97 Å². The van der Waals surface area contributed by atoms with E-state index in [0.29, 0.717) is 31.7 Å². The fourth-order valence-corrected chi connectivity index (χ4v) is 2.64. The van der Waals surface area contributed by atoms with Crippen LogP contribution in [0.2, 0.25) is 0 Å². The predicted octanol–water partition coefficient (Wildman–Crippen LogP) is -0.0233. The molecule has 2 saturated heterocycles. The molecule has 2 aliphatic rings. The third-order valence-electron chi connectivity index (χ3n) is 3.73. The monoisotopic (exact) mass is 254 g/mol. The van der Waals surface area contributed by atoms with Crippen LogP contribution in [0.1, 0.15) is 32.6 Å². The third kappa shape index (κ3) is 2.47. The minimum atomic E-state index is -0.959. The molecule has 0 radical (unpaired) electrons. The van der Waals surface area contributed by atoms with Crippen LogP contribution in [0.25, 0.3) is 0 Å². The molecule has 2 N–H and O–H groups in total. The number of carboxylic acids is 1. The van der Waals surface area contributed by atoms with Gasteiger partial charge in [0.25, 0.3) is 0 Å². The van der Waals surface area contributed by atoms with Gasteiger partial charge in [-0.25, -0.2) is 4.79 Å². The summed E-state index contributed by atoms with van der Waals surface area (Å²) in [5.41, 5.74) is 0. The van der Waals surface area contributed by atoms with E-state index in [1.165, 1.54) is 4.90 Å². The summed E-state index contributed by atoms with van der Waals surface area (Å²) in [7, 11) is 0. The van der Waals surface area contributed by atoms with Gasteiger partial charge in [-0.15, -0.1) is 0 Å². The number of carbonyl (C=O) groups is 3. The highest BCUT2D eigenvalue weighted by atomic mass is 16.4. The second-order valence-corrected chi connectivity index (χ2v) is 5.17. The van der Waals surface area contributed by atoms with Crippen molar-refractivity contribution in [2.75, 3.05) is 6.54 Å². The molecule has 0 aromatic rings. The number of hydrogen-bond donors (Lipinski definition) is 2. The van der Waals surface area contributed by atoms with Crippen molar-refractivity contribution in [3.05, 3.63) is 0 Å². The number of amides is 2. The van der Waals surface area contributed by atoms with Gasteiger partial charge in [0.2, 0.25) is 11.8 Å². The van der Waals surface area contributed by atoms with Crippen molar-refractivity contribution in [1.29, 1.82) is 0 Å². The normalized spacial score (nSPS) is 32.2. The van der Waals surface area contributed by atoms with E-state index in [1.807, 2.05) is 6.92 Å². The lowest BCUT2D eigenvalue weighted by molar-refractivity contribution is -0.153. The average Bonchev–Trinajstić information content (AvgIpc) is 2.75. The first-order valence-electron chi connectivity index (χ1n) is 6.31. The molecule has 0 spiro atoms. The van der Waals surface area contributed by atoms with Gasteiger partial charge in [-0.05, 0) is 25.2 Å². The number of aliphatic carboxylic acids is 1. The van der Waals surface area contributed by atoms with Crippen LogP contribution in [-0.2, 0) is 14.4 Å². The van der Waals surface area contributed by atoms with Crippen LogP contribution in [0.3, 0.4) is 0 Å². The average molecular weight is 254 g/mol. The molecule has 18 heavy (non-hydrogen) atoms. The second kappa shape index (κ2) is 4.96. The van der Waals surface area contributed by atoms with Crippen LogP contribution < -0.4 is 5.32 Å². The second-order valence-electron chi connectivity index (χ2n) is 5.17. The van der Waals surface area contributed by atoms with Gasteiger partial charge in [0.05, 0.1) is 0 Å². The molecule has 2 heterocycles. The van der Waals surface area contributed by atoms with Crippen LogP contribution in [0, 0.1) is 5.92 Å². The maximum absolute atomic E-state index is 12.2. The Morgan fingerprint density at radius 2 is 2.11 bits per heavy atom. The fourth-order valence-electron chi connectivity index (χ4n) is 2.64. The van der Waals surface area contributed by atoms with E-state index in [-0.39, 0.29) is 11.8 Å². The van der Waals surface area contributed by atoms with Crippen molar-refractivity contribution in [2.24, 2.45) is 5.92 Å². The van der Waals surface area contributed by atoms with Crippen LogP contribution >= 0.6 is 0 Å². The number of rotatable bonds is 2. The largest absolute Gasteiger partial charge is 0.480 e. The summed E-state index contributed by atoms with van der Waals surface area (Å²) in [5.74, 6) is -1.03. The Labute approximate surface area is 105 Å². The summed E-state index contributed by atoms with van der Waals surface area (Å²) in [6.07, 6.45) is 2.12. The maximum Gasteiger partial charge on any atom is 0.326 e. The Bertz CT molecular complexity index is 382. The number of nitrogens with zero attached hydrogens (tertiary/aromatic N) is 1. The predicted molar refractivity (Wildman–Crippen MR) is 62.7 cm³/mol. The van der Waals surface area contributed by atoms with Crippen molar-refractivity contribution >= 4 is 17.8 Å². The smallest absolute Gasteiger partial charge is 0.326 e. The van der Waals surface area contributed by atoms with Gasteiger partial charge < -0.3 is 15.3 Å². The van der Waals surface area contributed by atoms with E-state index in [0.717, 1.165) is 6.42 Å². The van der Waals surface area contributed by atoms with Crippen molar-refractivity contribution in [3.63, 3.8) is 0 Å². The number of hydrogen-bond acceptors (Lipinski definition) is 3. The van der Waals surface area contributed by atoms with Gasteiger partial charge in [-0.2, -0.15) is 0 Å². The van der Waals surface area contributed by atoms with E-state index in [1.54, 1.807) is 0 Å². The Kier molecular flexibility index (Phi) is 3.54. The van der Waals surface area contributed by atoms with Gasteiger partial charge in [0, 0.05) is 13.0 Å². The molecule has 0 bridgehead atoms. The summed E-state index contributed by atoms with van der Waals surface area (Å²) in [5, 5.41) is 11.8. The molecule has 0 aliphatic carbocycles. The van der Waals surface area contributed by atoms with Crippen LogP contribution in [0.4, 0.5) is 0 Å². The molecule has 2 unspecified atom stereocenters. The Morgan fingerprint density at radius 3 is 2.67 bits per heavy atom. The van der Waals surface area contributed by atoms with Gasteiger partial charge in [0.1, 0.15) is 12.1 Å². The summed E-state index contributed by atoms with van der Waals surface area (Å²) in [6.45, 7) is 2.46.